The van der Waals surface area contributed by atoms with Crippen molar-refractivity contribution in [3.63, 3.8) is 0 Å². The summed E-state index contributed by atoms with van der Waals surface area (Å²) >= 11 is 0. The Morgan fingerprint density at radius 3 is 2.59 bits per heavy atom. The van der Waals surface area contributed by atoms with Crippen LogP contribution in [0.25, 0.3) is 0 Å². The number of hydrogen-bond acceptors (Lipinski definition) is 2. The van der Waals surface area contributed by atoms with E-state index in [1.54, 1.807) is 25.1 Å². The Labute approximate surface area is 98.1 Å². The lowest BCUT2D eigenvalue weighted by atomic mass is 10.1. The van der Waals surface area contributed by atoms with Gasteiger partial charge in [-0.15, -0.1) is 0 Å². The molecule has 0 saturated carbocycles. The molecule has 2 nitrogen and oxygen atoms in total. The summed E-state index contributed by atoms with van der Waals surface area (Å²) in [5, 5.41) is 2.93. The number of nitrogens with one attached hydrogen (secondary N) is 1. The van der Waals surface area contributed by atoms with Crippen molar-refractivity contribution in [1.82, 2.24) is 0 Å². The smallest absolute Gasteiger partial charge is 0.128 e. The van der Waals surface area contributed by atoms with Gasteiger partial charge in [0.2, 0.25) is 0 Å². The molecule has 2 aromatic rings. The Balaban J connectivity index is 2.34. The Morgan fingerprint density at radius 2 is 1.88 bits per heavy atom. The van der Waals surface area contributed by atoms with Crippen LogP contribution in [0.5, 0.6) is 0 Å². The van der Waals surface area contributed by atoms with Gasteiger partial charge in [0.15, 0.2) is 0 Å². The van der Waals surface area contributed by atoms with E-state index >= 15 is 0 Å². The zero-order chi connectivity index (χ0) is 12.4. The van der Waals surface area contributed by atoms with Crippen LogP contribution in [0.2, 0.25) is 0 Å². The molecule has 3 N–H and O–H groups in total. The molecule has 0 atom stereocenters. The van der Waals surface area contributed by atoms with Gasteiger partial charge < -0.3 is 11.1 Å². The summed E-state index contributed by atoms with van der Waals surface area (Å²) in [4.78, 5) is 0. The molecule has 0 amide bonds. The lowest BCUT2D eigenvalue weighted by molar-refractivity contribution is 0.619. The Morgan fingerprint density at radius 1 is 1.12 bits per heavy atom. The molecule has 17 heavy (non-hydrogen) atoms. The topological polar surface area (TPSA) is 38.0 Å². The maximum atomic E-state index is 13.3. The highest BCUT2D eigenvalue weighted by Gasteiger charge is 2.04. The summed E-state index contributed by atoms with van der Waals surface area (Å²) in [6, 6.07) is 8.81. The maximum Gasteiger partial charge on any atom is 0.128 e. The summed E-state index contributed by atoms with van der Waals surface area (Å²) in [7, 11) is 0. The molecule has 0 saturated heterocycles. The first-order chi connectivity index (χ1) is 8.06. The summed E-state index contributed by atoms with van der Waals surface area (Å²) in [6.45, 7) is 1.65. The van der Waals surface area contributed by atoms with Crippen molar-refractivity contribution < 1.29 is 8.78 Å². The molecule has 2 aromatic carbocycles. The third kappa shape index (κ3) is 2.53. The van der Waals surface area contributed by atoms with E-state index in [0.717, 1.165) is 0 Å². The van der Waals surface area contributed by atoms with Crippen LogP contribution in [-0.4, -0.2) is 0 Å². The van der Waals surface area contributed by atoms with Crippen LogP contribution < -0.4 is 11.1 Å². The second kappa shape index (κ2) is 4.41. The summed E-state index contributed by atoms with van der Waals surface area (Å²) in [5.74, 6) is -0.735. The Bertz CT molecular complexity index is 533. The summed E-state index contributed by atoms with van der Waals surface area (Å²) < 4.78 is 26.4. The molecular formula is C13H12F2N2. The number of halogens is 2. The van der Waals surface area contributed by atoms with E-state index in [9.17, 15) is 8.78 Å². The van der Waals surface area contributed by atoms with Crippen molar-refractivity contribution in [3.05, 3.63) is 53.6 Å². The lowest BCUT2D eigenvalue weighted by Gasteiger charge is -2.10. The van der Waals surface area contributed by atoms with E-state index in [1.807, 2.05) is 0 Å². The average molecular weight is 234 g/mol. The number of benzene rings is 2. The average Bonchev–Trinajstić information content (AvgIpc) is 2.23. The highest BCUT2D eigenvalue weighted by atomic mass is 19.1. The maximum absolute atomic E-state index is 13.3. The molecule has 0 spiro atoms. The third-order valence-electron chi connectivity index (χ3n) is 2.47. The molecule has 0 aliphatic heterocycles. The molecule has 4 heteroatoms. The summed E-state index contributed by atoms with van der Waals surface area (Å²) in [5.41, 5.74) is 7.42. The Hall–Kier alpha value is -2.10. The molecule has 0 aliphatic rings. The number of hydrogen-bond donors (Lipinski definition) is 2. The third-order valence-corrected chi connectivity index (χ3v) is 2.47. The number of rotatable bonds is 2. The minimum Gasteiger partial charge on any atom is -0.399 e. The van der Waals surface area contributed by atoms with Gasteiger partial charge in [0, 0.05) is 22.6 Å². The van der Waals surface area contributed by atoms with Gasteiger partial charge in [-0.05, 0) is 37.3 Å². The first kappa shape index (κ1) is 11.4. The van der Waals surface area contributed by atoms with E-state index in [0.29, 0.717) is 22.6 Å². The fourth-order valence-corrected chi connectivity index (χ4v) is 1.58. The van der Waals surface area contributed by atoms with Gasteiger partial charge >= 0.3 is 0 Å². The van der Waals surface area contributed by atoms with Gasteiger partial charge in [-0.1, -0.05) is 6.07 Å². The van der Waals surface area contributed by atoms with Crippen LogP contribution in [0.1, 0.15) is 5.56 Å². The standard InChI is InChI=1S/C13H12F2N2/c1-8-12(15)3-2-4-13(8)17-11-6-9(14)5-10(16)7-11/h2-7,17H,16H2,1H3. The van der Waals surface area contributed by atoms with Crippen LogP contribution in [0.4, 0.5) is 25.8 Å². The van der Waals surface area contributed by atoms with E-state index in [2.05, 4.69) is 5.32 Å². The van der Waals surface area contributed by atoms with Crippen molar-refractivity contribution in [3.8, 4) is 0 Å². The monoisotopic (exact) mass is 234 g/mol. The quantitative estimate of drug-likeness (QED) is 0.779. The summed E-state index contributed by atoms with van der Waals surface area (Å²) in [6.07, 6.45) is 0. The first-order valence-corrected chi connectivity index (χ1v) is 5.14. The molecule has 0 unspecified atom stereocenters. The number of nitrogens with two attached hydrogens (primary N) is 1. The van der Waals surface area contributed by atoms with Gasteiger partial charge in [-0.3, -0.25) is 0 Å². The van der Waals surface area contributed by atoms with Crippen LogP contribution in [0, 0.1) is 18.6 Å². The van der Waals surface area contributed by atoms with Crippen molar-refractivity contribution in [2.45, 2.75) is 6.92 Å². The Kier molecular flexibility index (Phi) is 2.95. The minimum atomic E-state index is -0.429. The van der Waals surface area contributed by atoms with Gasteiger partial charge in [0.25, 0.3) is 0 Å². The number of anilines is 3. The molecule has 0 heterocycles. The van der Waals surface area contributed by atoms with E-state index in [4.69, 9.17) is 5.73 Å². The molecular weight excluding hydrogens is 222 g/mol. The lowest BCUT2D eigenvalue weighted by Crippen LogP contribution is -1.97. The highest BCUT2D eigenvalue weighted by Crippen LogP contribution is 2.24. The fourth-order valence-electron chi connectivity index (χ4n) is 1.58. The van der Waals surface area contributed by atoms with Crippen molar-refractivity contribution in [1.29, 1.82) is 0 Å². The predicted molar refractivity (Wildman–Crippen MR) is 65.2 cm³/mol. The molecule has 0 fully saturated rings. The van der Waals surface area contributed by atoms with Crippen molar-refractivity contribution >= 4 is 17.1 Å². The molecule has 0 aromatic heterocycles. The van der Waals surface area contributed by atoms with Crippen molar-refractivity contribution in [2.24, 2.45) is 0 Å². The van der Waals surface area contributed by atoms with E-state index < -0.39 is 5.82 Å². The second-order valence-electron chi connectivity index (χ2n) is 3.81. The fraction of sp³-hybridized carbons (Fsp3) is 0.0769. The van der Waals surface area contributed by atoms with Crippen LogP contribution in [0.3, 0.4) is 0 Å². The van der Waals surface area contributed by atoms with Gasteiger partial charge in [0.1, 0.15) is 11.6 Å². The van der Waals surface area contributed by atoms with Gasteiger partial charge in [-0.2, -0.15) is 0 Å². The van der Waals surface area contributed by atoms with Crippen LogP contribution in [0.15, 0.2) is 36.4 Å². The van der Waals surface area contributed by atoms with E-state index in [-0.39, 0.29) is 5.82 Å². The van der Waals surface area contributed by atoms with Crippen molar-refractivity contribution in [2.75, 3.05) is 11.1 Å². The molecule has 2 rings (SSSR count). The van der Waals surface area contributed by atoms with Gasteiger partial charge in [-0.25, -0.2) is 8.78 Å². The van der Waals surface area contributed by atoms with E-state index in [1.165, 1.54) is 18.2 Å². The molecule has 0 bridgehead atoms. The largest absolute Gasteiger partial charge is 0.399 e. The second-order valence-corrected chi connectivity index (χ2v) is 3.81. The van der Waals surface area contributed by atoms with Crippen LogP contribution in [-0.2, 0) is 0 Å². The minimum absolute atomic E-state index is 0.306. The normalized spacial score (nSPS) is 10.3. The SMILES string of the molecule is Cc1c(F)cccc1Nc1cc(N)cc(F)c1. The molecule has 88 valence electrons. The molecule has 0 aliphatic carbocycles. The zero-order valence-corrected chi connectivity index (χ0v) is 9.30. The van der Waals surface area contributed by atoms with Crippen LogP contribution >= 0.6 is 0 Å². The molecule has 0 radical (unpaired) electrons. The highest BCUT2D eigenvalue weighted by molar-refractivity contribution is 5.66. The first-order valence-electron chi connectivity index (χ1n) is 5.14. The predicted octanol–water partition coefficient (Wildman–Crippen LogP) is 3.60. The number of nitrogen functional groups attached to an aromatic ring is 1. The zero-order valence-electron chi connectivity index (χ0n) is 9.30. The van der Waals surface area contributed by atoms with Gasteiger partial charge in [0.05, 0.1) is 0 Å².